The number of benzene rings is 1. The van der Waals surface area contributed by atoms with E-state index in [1.54, 1.807) is 19.0 Å². The molecule has 0 spiro atoms. The van der Waals surface area contributed by atoms with Crippen molar-refractivity contribution in [3.8, 4) is 0 Å². The van der Waals surface area contributed by atoms with Crippen molar-refractivity contribution in [2.24, 2.45) is 0 Å². The number of carbonyl (C=O) groups is 2. The molecule has 2 amide bonds. The number of likely N-dealkylation sites (N-methyl/N-ethyl adjacent to an activating group) is 2. The Bertz CT molecular complexity index is 392. The summed E-state index contributed by atoms with van der Waals surface area (Å²) in [6.45, 7) is 0.934. The second-order valence-electron chi connectivity index (χ2n) is 4.11. The Morgan fingerprint density at radius 1 is 1.11 bits per heavy atom. The van der Waals surface area contributed by atoms with E-state index < -0.39 is 0 Å². The zero-order valence-corrected chi connectivity index (χ0v) is 10.8. The molecule has 1 aromatic rings. The van der Waals surface area contributed by atoms with E-state index in [0.29, 0.717) is 6.54 Å². The number of amides is 2. The number of nitrogens with zero attached hydrogens (tertiary/aromatic N) is 1. The molecule has 0 aliphatic heterocycles. The second kappa shape index (κ2) is 7.45. The van der Waals surface area contributed by atoms with Crippen molar-refractivity contribution in [3.63, 3.8) is 0 Å². The van der Waals surface area contributed by atoms with Crippen molar-refractivity contribution in [2.75, 3.05) is 27.2 Å². The van der Waals surface area contributed by atoms with Gasteiger partial charge in [-0.3, -0.25) is 14.5 Å². The third-order valence-corrected chi connectivity index (χ3v) is 2.44. The molecule has 0 bridgehead atoms. The Kier molecular flexibility index (Phi) is 5.87. The average Bonchev–Trinajstić information content (AvgIpc) is 2.37. The van der Waals surface area contributed by atoms with Gasteiger partial charge in [-0.05, 0) is 12.6 Å². The molecule has 2 N–H and O–H groups in total. The van der Waals surface area contributed by atoms with Crippen LogP contribution in [0.4, 0.5) is 0 Å². The van der Waals surface area contributed by atoms with E-state index in [1.165, 1.54) is 0 Å². The van der Waals surface area contributed by atoms with E-state index in [-0.39, 0.29) is 24.9 Å². The number of hydrogen-bond donors (Lipinski definition) is 2. The van der Waals surface area contributed by atoms with Crippen molar-refractivity contribution < 1.29 is 9.59 Å². The standard InChI is InChI=1S/C13H19N3O2/c1-14-12(17)9-16(2)10-13(18)15-8-11-6-4-3-5-7-11/h3-7H,8-10H2,1-2H3,(H,14,17)(H,15,18). The highest BCUT2D eigenvalue weighted by Crippen LogP contribution is 1.97. The topological polar surface area (TPSA) is 61.4 Å². The fraction of sp³-hybridized carbons (Fsp3) is 0.385. The zero-order valence-electron chi connectivity index (χ0n) is 10.8. The van der Waals surface area contributed by atoms with Gasteiger partial charge in [0.1, 0.15) is 0 Å². The van der Waals surface area contributed by atoms with Crippen molar-refractivity contribution in [2.45, 2.75) is 6.54 Å². The lowest BCUT2D eigenvalue weighted by molar-refractivity contribution is -0.124. The van der Waals surface area contributed by atoms with Gasteiger partial charge in [0.15, 0.2) is 0 Å². The van der Waals surface area contributed by atoms with Crippen molar-refractivity contribution >= 4 is 11.8 Å². The molecule has 0 aromatic heterocycles. The number of nitrogens with one attached hydrogen (secondary N) is 2. The van der Waals surface area contributed by atoms with Crippen LogP contribution in [0.1, 0.15) is 5.56 Å². The van der Waals surface area contributed by atoms with Gasteiger partial charge in [0.05, 0.1) is 13.1 Å². The average molecular weight is 249 g/mol. The number of rotatable bonds is 6. The first kappa shape index (κ1) is 14.2. The summed E-state index contributed by atoms with van der Waals surface area (Å²) in [7, 11) is 3.31. The van der Waals surface area contributed by atoms with Crippen LogP contribution in [-0.4, -0.2) is 43.9 Å². The van der Waals surface area contributed by atoms with Crippen LogP contribution in [0.15, 0.2) is 30.3 Å². The Morgan fingerprint density at radius 3 is 2.33 bits per heavy atom. The molecular weight excluding hydrogens is 230 g/mol. The number of hydrogen-bond acceptors (Lipinski definition) is 3. The van der Waals surface area contributed by atoms with Crippen LogP contribution in [0.25, 0.3) is 0 Å². The van der Waals surface area contributed by atoms with Gasteiger partial charge in [-0.15, -0.1) is 0 Å². The van der Waals surface area contributed by atoms with Crippen LogP contribution < -0.4 is 10.6 Å². The maximum Gasteiger partial charge on any atom is 0.234 e. The summed E-state index contributed by atoms with van der Waals surface area (Å²) in [5.41, 5.74) is 1.06. The van der Waals surface area contributed by atoms with Crippen LogP contribution in [0, 0.1) is 0 Å². The Labute approximate surface area is 107 Å². The Morgan fingerprint density at radius 2 is 1.72 bits per heavy atom. The summed E-state index contributed by atoms with van der Waals surface area (Å²) in [5, 5.41) is 5.32. The maximum absolute atomic E-state index is 11.6. The smallest absolute Gasteiger partial charge is 0.234 e. The predicted molar refractivity (Wildman–Crippen MR) is 69.9 cm³/mol. The lowest BCUT2D eigenvalue weighted by Gasteiger charge is -2.15. The fourth-order valence-corrected chi connectivity index (χ4v) is 1.48. The van der Waals surface area contributed by atoms with Gasteiger partial charge in [0, 0.05) is 13.6 Å². The van der Waals surface area contributed by atoms with E-state index in [1.807, 2.05) is 30.3 Å². The van der Waals surface area contributed by atoms with Crippen LogP contribution in [-0.2, 0) is 16.1 Å². The SMILES string of the molecule is CNC(=O)CN(C)CC(=O)NCc1ccccc1. The molecule has 0 saturated carbocycles. The highest BCUT2D eigenvalue weighted by Gasteiger charge is 2.09. The molecule has 0 aliphatic rings. The van der Waals surface area contributed by atoms with Gasteiger partial charge < -0.3 is 10.6 Å². The molecule has 5 heteroatoms. The van der Waals surface area contributed by atoms with Crippen LogP contribution in [0.3, 0.4) is 0 Å². The van der Waals surface area contributed by atoms with E-state index in [9.17, 15) is 9.59 Å². The monoisotopic (exact) mass is 249 g/mol. The molecule has 0 radical (unpaired) electrons. The van der Waals surface area contributed by atoms with Crippen LogP contribution in [0.2, 0.25) is 0 Å². The minimum Gasteiger partial charge on any atom is -0.358 e. The normalized spacial score (nSPS) is 10.2. The quantitative estimate of drug-likeness (QED) is 0.745. The summed E-state index contributed by atoms with van der Waals surface area (Å²) in [4.78, 5) is 24.4. The first-order valence-corrected chi connectivity index (χ1v) is 5.81. The molecule has 0 heterocycles. The lowest BCUT2D eigenvalue weighted by Crippen LogP contribution is -2.39. The van der Waals surface area contributed by atoms with Crippen molar-refractivity contribution in [1.29, 1.82) is 0 Å². The van der Waals surface area contributed by atoms with Gasteiger partial charge in [-0.1, -0.05) is 30.3 Å². The molecule has 0 aliphatic carbocycles. The minimum atomic E-state index is -0.103. The van der Waals surface area contributed by atoms with Gasteiger partial charge in [0.25, 0.3) is 0 Å². The first-order chi connectivity index (χ1) is 8.61. The van der Waals surface area contributed by atoms with E-state index in [4.69, 9.17) is 0 Å². The molecule has 0 fully saturated rings. The van der Waals surface area contributed by atoms with Crippen molar-refractivity contribution in [1.82, 2.24) is 15.5 Å². The van der Waals surface area contributed by atoms with Crippen LogP contribution in [0.5, 0.6) is 0 Å². The maximum atomic E-state index is 11.6. The molecule has 18 heavy (non-hydrogen) atoms. The minimum absolute atomic E-state index is 0.0924. The molecular formula is C13H19N3O2. The first-order valence-electron chi connectivity index (χ1n) is 5.81. The van der Waals surface area contributed by atoms with E-state index in [2.05, 4.69) is 10.6 Å². The molecule has 1 rings (SSSR count). The molecule has 0 unspecified atom stereocenters. The highest BCUT2D eigenvalue weighted by atomic mass is 16.2. The van der Waals surface area contributed by atoms with Crippen LogP contribution >= 0.6 is 0 Å². The summed E-state index contributed by atoms with van der Waals surface area (Å²) >= 11 is 0. The lowest BCUT2D eigenvalue weighted by atomic mass is 10.2. The summed E-state index contributed by atoms with van der Waals surface area (Å²) < 4.78 is 0. The van der Waals surface area contributed by atoms with Crippen molar-refractivity contribution in [3.05, 3.63) is 35.9 Å². The molecule has 0 atom stereocenters. The second-order valence-corrected chi connectivity index (χ2v) is 4.11. The van der Waals surface area contributed by atoms with Gasteiger partial charge in [0.2, 0.25) is 11.8 Å². The van der Waals surface area contributed by atoms with Gasteiger partial charge in [-0.2, -0.15) is 0 Å². The fourth-order valence-electron chi connectivity index (χ4n) is 1.48. The third-order valence-electron chi connectivity index (χ3n) is 2.44. The molecule has 1 aromatic carbocycles. The molecule has 5 nitrogen and oxygen atoms in total. The molecule has 98 valence electrons. The van der Waals surface area contributed by atoms with E-state index in [0.717, 1.165) is 5.56 Å². The summed E-state index contributed by atoms with van der Waals surface area (Å²) in [5.74, 6) is -0.196. The largest absolute Gasteiger partial charge is 0.358 e. The Hall–Kier alpha value is -1.88. The van der Waals surface area contributed by atoms with E-state index >= 15 is 0 Å². The Balaban J connectivity index is 2.27. The third kappa shape index (κ3) is 5.45. The summed E-state index contributed by atoms with van der Waals surface area (Å²) in [6.07, 6.45) is 0. The highest BCUT2D eigenvalue weighted by molar-refractivity contribution is 5.80. The summed E-state index contributed by atoms with van der Waals surface area (Å²) in [6, 6.07) is 9.70. The molecule has 0 saturated heterocycles. The van der Waals surface area contributed by atoms with Gasteiger partial charge >= 0.3 is 0 Å². The predicted octanol–water partition coefficient (Wildman–Crippen LogP) is -0.0194. The van der Waals surface area contributed by atoms with Gasteiger partial charge in [-0.25, -0.2) is 0 Å². The zero-order chi connectivity index (χ0) is 13.4. The number of carbonyl (C=O) groups excluding carboxylic acids is 2.